The van der Waals surface area contributed by atoms with Gasteiger partial charge in [0.25, 0.3) is 0 Å². The summed E-state index contributed by atoms with van der Waals surface area (Å²) in [6.45, 7) is 3.81. The van der Waals surface area contributed by atoms with E-state index < -0.39 is 0 Å². The smallest absolute Gasteiger partial charge is 0.226 e. The van der Waals surface area contributed by atoms with E-state index >= 15 is 0 Å². The molecule has 7 nitrogen and oxygen atoms in total. The summed E-state index contributed by atoms with van der Waals surface area (Å²) in [4.78, 5) is 15.0. The second kappa shape index (κ2) is 7.06. The number of anilines is 1. The SMILES string of the molecule is Cc1cc(N2CCCC(NC(=O)Cc3nn(C)c4ccccc34)C2)n(C)n1. The van der Waals surface area contributed by atoms with Crippen LogP contribution in [0.25, 0.3) is 10.9 Å². The van der Waals surface area contributed by atoms with Crippen molar-refractivity contribution in [1.82, 2.24) is 24.9 Å². The molecule has 0 radical (unpaired) electrons. The highest BCUT2D eigenvalue weighted by molar-refractivity contribution is 5.87. The maximum Gasteiger partial charge on any atom is 0.226 e. The molecule has 1 atom stereocenters. The van der Waals surface area contributed by atoms with E-state index in [-0.39, 0.29) is 11.9 Å². The third-order valence-corrected chi connectivity index (χ3v) is 5.25. The molecule has 4 rings (SSSR count). The Kier molecular flexibility index (Phi) is 4.59. The molecule has 1 unspecified atom stereocenters. The molecule has 1 fully saturated rings. The molecule has 27 heavy (non-hydrogen) atoms. The van der Waals surface area contributed by atoms with E-state index in [4.69, 9.17) is 0 Å². The standard InChI is InChI=1S/C20H26N6O/c1-14-11-20(25(3)22-14)26-10-6-7-15(13-26)21-19(27)12-17-16-8-4-5-9-18(16)24(2)23-17/h4-5,8-9,11,15H,6-7,10,12-13H2,1-3H3,(H,21,27). The lowest BCUT2D eigenvalue weighted by atomic mass is 10.1. The predicted molar refractivity (Wildman–Crippen MR) is 106 cm³/mol. The number of aryl methyl sites for hydroxylation is 3. The summed E-state index contributed by atoms with van der Waals surface area (Å²) in [5.41, 5.74) is 2.90. The first-order chi connectivity index (χ1) is 13.0. The van der Waals surface area contributed by atoms with Gasteiger partial charge in [-0.3, -0.25) is 14.2 Å². The molecule has 0 saturated carbocycles. The number of aromatic nitrogens is 4. The first-order valence-electron chi connectivity index (χ1n) is 9.47. The Morgan fingerprint density at radius 2 is 2.04 bits per heavy atom. The first kappa shape index (κ1) is 17.6. The molecule has 142 valence electrons. The van der Waals surface area contributed by atoms with Crippen molar-refractivity contribution in [3.8, 4) is 0 Å². The lowest BCUT2D eigenvalue weighted by Gasteiger charge is -2.34. The number of carbonyl (C=O) groups excluding carboxylic acids is 1. The van der Waals surface area contributed by atoms with E-state index in [1.807, 2.05) is 54.6 Å². The van der Waals surface area contributed by atoms with Crippen LogP contribution in [0.1, 0.15) is 24.2 Å². The van der Waals surface area contributed by atoms with Crippen molar-refractivity contribution in [3.63, 3.8) is 0 Å². The van der Waals surface area contributed by atoms with E-state index in [2.05, 4.69) is 26.5 Å². The zero-order valence-corrected chi connectivity index (χ0v) is 16.1. The van der Waals surface area contributed by atoms with Gasteiger partial charge in [-0.15, -0.1) is 0 Å². The largest absolute Gasteiger partial charge is 0.355 e. The van der Waals surface area contributed by atoms with Gasteiger partial charge in [0.15, 0.2) is 0 Å². The molecule has 1 aromatic carbocycles. The third-order valence-electron chi connectivity index (χ3n) is 5.25. The normalized spacial score (nSPS) is 17.4. The van der Waals surface area contributed by atoms with E-state index in [1.54, 1.807) is 0 Å². The number of hydrogen-bond acceptors (Lipinski definition) is 4. The highest BCUT2D eigenvalue weighted by Gasteiger charge is 2.24. The molecule has 1 saturated heterocycles. The summed E-state index contributed by atoms with van der Waals surface area (Å²) < 4.78 is 3.75. The maximum absolute atomic E-state index is 12.7. The van der Waals surface area contributed by atoms with Crippen LogP contribution in [0.3, 0.4) is 0 Å². The topological polar surface area (TPSA) is 68.0 Å². The number of hydrogen-bond donors (Lipinski definition) is 1. The van der Waals surface area contributed by atoms with E-state index in [1.165, 1.54) is 0 Å². The Morgan fingerprint density at radius 1 is 1.22 bits per heavy atom. The van der Waals surface area contributed by atoms with E-state index in [0.29, 0.717) is 6.42 Å². The number of piperidine rings is 1. The van der Waals surface area contributed by atoms with Crippen LogP contribution in [-0.4, -0.2) is 44.6 Å². The fourth-order valence-corrected chi connectivity index (χ4v) is 4.05. The van der Waals surface area contributed by atoms with Gasteiger partial charge in [-0.1, -0.05) is 18.2 Å². The summed E-state index contributed by atoms with van der Waals surface area (Å²) >= 11 is 0. The number of carbonyl (C=O) groups is 1. The Hall–Kier alpha value is -2.83. The monoisotopic (exact) mass is 366 g/mol. The Labute approximate surface area is 158 Å². The van der Waals surface area contributed by atoms with Crippen LogP contribution in [-0.2, 0) is 25.3 Å². The summed E-state index contributed by atoms with van der Waals surface area (Å²) in [7, 11) is 3.88. The number of nitrogens with one attached hydrogen (secondary N) is 1. The number of benzene rings is 1. The molecule has 0 aliphatic carbocycles. The van der Waals surface area contributed by atoms with Crippen molar-refractivity contribution in [2.45, 2.75) is 32.2 Å². The first-order valence-corrected chi connectivity index (χ1v) is 9.47. The van der Waals surface area contributed by atoms with Crippen molar-refractivity contribution < 1.29 is 4.79 Å². The number of nitrogens with zero attached hydrogens (tertiary/aromatic N) is 5. The van der Waals surface area contributed by atoms with Gasteiger partial charge in [-0.2, -0.15) is 10.2 Å². The maximum atomic E-state index is 12.7. The summed E-state index contributed by atoms with van der Waals surface area (Å²) in [6.07, 6.45) is 2.37. The second-order valence-corrected chi connectivity index (χ2v) is 7.38. The molecule has 0 spiro atoms. The zero-order valence-electron chi connectivity index (χ0n) is 16.1. The molecule has 2 aromatic heterocycles. The number of rotatable bonds is 4. The van der Waals surface area contributed by atoms with Crippen LogP contribution in [0.15, 0.2) is 30.3 Å². The quantitative estimate of drug-likeness (QED) is 0.766. The fourth-order valence-electron chi connectivity index (χ4n) is 4.05. The van der Waals surface area contributed by atoms with Gasteiger partial charge in [0, 0.05) is 44.7 Å². The molecule has 0 bridgehead atoms. The molecule has 7 heteroatoms. The molecule has 3 heterocycles. The lowest BCUT2D eigenvalue weighted by molar-refractivity contribution is -0.121. The van der Waals surface area contributed by atoms with Crippen LogP contribution in [0, 0.1) is 6.92 Å². The molecular weight excluding hydrogens is 340 g/mol. The lowest BCUT2D eigenvalue weighted by Crippen LogP contribution is -2.48. The average molecular weight is 366 g/mol. The van der Waals surface area contributed by atoms with Gasteiger partial charge in [0.2, 0.25) is 5.91 Å². The van der Waals surface area contributed by atoms with Gasteiger partial charge in [0.1, 0.15) is 5.82 Å². The minimum Gasteiger partial charge on any atom is -0.355 e. The minimum atomic E-state index is 0.0342. The van der Waals surface area contributed by atoms with Crippen LogP contribution in [0.4, 0.5) is 5.82 Å². The highest BCUT2D eigenvalue weighted by Crippen LogP contribution is 2.21. The van der Waals surface area contributed by atoms with Gasteiger partial charge in [-0.05, 0) is 25.8 Å². The molecule has 1 N–H and O–H groups in total. The summed E-state index contributed by atoms with van der Waals surface area (Å²) in [6, 6.07) is 10.3. The zero-order chi connectivity index (χ0) is 19.0. The molecule has 1 aliphatic heterocycles. The van der Waals surface area contributed by atoms with Crippen molar-refractivity contribution in [2.24, 2.45) is 14.1 Å². The molecule has 1 amide bonds. The number of fused-ring (bicyclic) bond motifs is 1. The van der Waals surface area contributed by atoms with Crippen LogP contribution in [0.2, 0.25) is 0 Å². The van der Waals surface area contributed by atoms with Crippen LogP contribution < -0.4 is 10.2 Å². The average Bonchev–Trinajstić information content (AvgIpc) is 3.14. The van der Waals surface area contributed by atoms with Crippen LogP contribution in [0.5, 0.6) is 0 Å². The Bertz CT molecular complexity index is 972. The van der Waals surface area contributed by atoms with Gasteiger partial charge >= 0.3 is 0 Å². The van der Waals surface area contributed by atoms with E-state index in [9.17, 15) is 4.79 Å². The Balaban J connectivity index is 1.42. The number of para-hydroxylation sites is 1. The highest BCUT2D eigenvalue weighted by atomic mass is 16.1. The molecule has 3 aromatic rings. The van der Waals surface area contributed by atoms with Crippen molar-refractivity contribution in [1.29, 1.82) is 0 Å². The van der Waals surface area contributed by atoms with Crippen LogP contribution >= 0.6 is 0 Å². The second-order valence-electron chi connectivity index (χ2n) is 7.38. The van der Waals surface area contributed by atoms with Crippen molar-refractivity contribution in [2.75, 3.05) is 18.0 Å². The van der Waals surface area contributed by atoms with Gasteiger partial charge in [0.05, 0.1) is 23.3 Å². The predicted octanol–water partition coefficient (Wildman–Crippen LogP) is 1.94. The van der Waals surface area contributed by atoms with Crippen molar-refractivity contribution in [3.05, 3.63) is 41.7 Å². The van der Waals surface area contributed by atoms with Gasteiger partial charge in [-0.25, -0.2) is 0 Å². The summed E-state index contributed by atoms with van der Waals surface area (Å²) in [5.74, 6) is 1.15. The molecule has 1 aliphatic rings. The van der Waals surface area contributed by atoms with Gasteiger partial charge < -0.3 is 10.2 Å². The van der Waals surface area contributed by atoms with E-state index in [0.717, 1.165) is 54.0 Å². The minimum absolute atomic E-state index is 0.0342. The number of amides is 1. The Morgan fingerprint density at radius 3 is 2.81 bits per heavy atom. The molecular formula is C20H26N6O. The van der Waals surface area contributed by atoms with Crippen molar-refractivity contribution >= 4 is 22.6 Å². The fraction of sp³-hybridized carbons (Fsp3) is 0.450. The summed E-state index contributed by atoms with van der Waals surface area (Å²) in [5, 5.41) is 13.2. The third kappa shape index (κ3) is 3.54.